The molecule has 7 heteroatoms. The minimum absolute atomic E-state index is 0.0166. The van der Waals surface area contributed by atoms with Crippen molar-refractivity contribution >= 4 is 11.8 Å². The Bertz CT molecular complexity index is 1040. The van der Waals surface area contributed by atoms with Crippen molar-refractivity contribution in [1.29, 1.82) is 0 Å². The van der Waals surface area contributed by atoms with Crippen LogP contribution in [0.2, 0.25) is 0 Å². The van der Waals surface area contributed by atoms with E-state index in [4.69, 9.17) is 0 Å². The molecule has 0 radical (unpaired) electrons. The fourth-order valence-electron chi connectivity index (χ4n) is 3.33. The van der Waals surface area contributed by atoms with Crippen molar-refractivity contribution < 1.29 is 14.7 Å². The molecule has 0 aliphatic rings. The number of pyridine rings is 1. The first-order valence-corrected chi connectivity index (χ1v) is 10.8. The molecular formula is C24H28N4O3. The quantitative estimate of drug-likeness (QED) is 0.447. The molecule has 2 heterocycles. The number of rotatable bonds is 11. The van der Waals surface area contributed by atoms with Gasteiger partial charge in [0.05, 0.1) is 17.8 Å². The van der Waals surface area contributed by atoms with E-state index >= 15 is 0 Å². The maximum absolute atomic E-state index is 12.4. The largest absolute Gasteiger partial charge is 0.478 e. The number of unbranched alkanes of at least 4 members (excludes halogenated alkanes) is 2. The maximum atomic E-state index is 12.4. The molecule has 1 N–H and O–H groups in total. The Kier molecular flexibility index (Phi) is 7.65. The summed E-state index contributed by atoms with van der Waals surface area (Å²) in [5.74, 6) is 0.101. The van der Waals surface area contributed by atoms with E-state index in [2.05, 4.69) is 28.9 Å². The summed E-state index contributed by atoms with van der Waals surface area (Å²) in [6.07, 6.45) is 6.75. The fraction of sp³-hybridized carbons (Fsp3) is 0.375. The first kappa shape index (κ1) is 22.3. The van der Waals surface area contributed by atoms with Crippen LogP contribution in [0.15, 0.2) is 42.6 Å². The number of aryl methyl sites for hydroxylation is 1. The van der Waals surface area contributed by atoms with Gasteiger partial charge in [-0.15, -0.1) is 5.10 Å². The standard InChI is InChI=1S/C24H28N4O3/c1-3-5-11-21(29)23-26-22(12-6-4-2)28(27-23)16-17-13-14-20(25-15-17)18-9-7-8-10-19(18)24(30)31/h7-10,13-15H,3-6,11-12,16H2,1-2H3,(H,30,31). The van der Waals surface area contributed by atoms with Crippen LogP contribution in [0.25, 0.3) is 11.3 Å². The normalized spacial score (nSPS) is 10.9. The van der Waals surface area contributed by atoms with Gasteiger partial charge in [-0.25, -0.2) is 14.5 Å². The third-order valence-corrected chi connectivity index (χ3v) is 5.10. The second kappa shape index (κ2) is 10.6. The third kappa shape index (κ3) is 5.63. The molecule has 0 bridgehead atoms. The van der Waals surface area contributed by atoms with Crippen LogP contribution in [0.1, 0.15) is 78.3 Å². The second-order valence-electron chi connectivity index (χ2n) is 7.54. The summed E-state index contributed by atoms with van der Waals surface area (Å²) in [7, 11) is 0. The molecule has 2 aromatic heterocycles. The topological polar surface area (TPSA) is 98.0 Å². The van der Waals surface area contributed by atoms with E-state index in [1.165, 1.54) is 0 Å². The zero-order valence-corrected chi connectivity index (χ0v) is 18.0. The minimum Gasteiger partial charge on any atom is -0.478 e. The molecule has 0 spiro atoms. The summed E-state index contributed by atoms with van der Waals surface area (Å²) in [5.41, 5.74) is 2.31. The number of carbonyl (C=O) groups excluding carboxylic acids is 1. The Labute approximate surface area is 182 Å². The summed E-state index contributed by atoms with van der Waals surface area (Å²) < 4.78 is 1.79. The van der Waals surface area contributed by atoms with Crippen molar-refractivity contribution in [2.45, 2.75) is 58.9 Å². The average molecular weight is 421 g/mol. The van der Waals surface area contributed by atoms with Crippen molar-refractivity contribution in [2.24, 2.45) is 0 Å². The Hall–Kier alpha value is -3.35. The molecule has 0 atom stereocenters. The van der Waals surface area contributed by atoms with Crippen molar-refractivity contribution in [3.8, 4) is 11.3 Å². The van der Waals surface area contributed by atoms with Crippen molar-refractivity contribution in [3.63, 3.8) is 0 Å². The number of ketones is 1. The van der Waals surface area contributed by atoms with Gasteiger partial charge in [-0.2, -0.15) is 0 Å². The van der Waals surface area contributed by atoms with Crippen LogP contribution in [0.4, 0.5) is 0 Å². The molecule has 7 nitrogen and oxygen atoms in total. The summed E-state index contributed by atoms with van der Waals surface area (Å²) >= 11 is 0. The van der Waals surface area contributed by atoms with Gasteiger partial charge in [0.1, 0.15) is 5.82 Å². The van der Waals surface area contributed by atoms with Gasteiger partial charge in [0.25, 0.3) is 0 Å². The molecule has 0 fully saturated rings. The predicted molar refractivity (Wildman–Crippen MR) is 118 cm³/mol. The molecule has 1 aromatic carbocycles. The van der Waals surface area contributed by atoms with Gasteiger partial charge >= 0.3 is 5.97 Å². The lowest BCUT2D eigenvalue weighted by Crippen LogP contribution is -2.08. The fourth-order valence-corrected chi connectivity index (χ4v) is 3.33. The van der Waals surface area contributed by atoms with Crippen LogP contribution in [0.3, 0.4) is 0 Å². The lowest BCUT2D eigenvalue weighted by Gasteiger charge is -2.08. The molecule has 3 aromatic rings. The van der Waals surface area contributed by atoms with Gasteiger partial charge in [0, 0.05) is 24.6 Å². The van der Waals surface area contributed by atoms with E-state index in [0.29, 0.717) is 30.0 Å². The highest BCUT2D eigenvalue weighted by atomic mass is 16.4. The molecule has 162 valence electrons. The zero-order valence-electron chi connectivity index (χ0n) is 18.0. The van der Waals surface area contributed by atoms with E-state index in [1.54, 1.807) is 35.1 Å². The van der Waals surface area contributed by atoms with Gasteiger partial charge in [-0.05, 0) is 30.5 Å². The van der Waals surface area contributed by atoms with Crippen LogP contribution in [0.5, 0.6) is 0 Å². The number of nitrogens with zero attached hydrogens (tertiary/aromatic N) is 4. The number of carboxylic acids is 1. The Morgan fingerprint density at radius 3 is 2.48 bits per heavy atom. The maximum Gasteiger partial charge on any atom is 0.336 e. The number of Topliss-reactive ketones (excluding diaryl/α,β-unsaturated/α-hetero) is 1. The lowest BCUT2D eigenvalue weighted by atomic mass is 10.0. The first-order valence-electron chi connectivity index (χ1n) is 10.8. The van der Waals surface area contributed by atoms with Gasteiger partial charge in [0.2, 0.25) is 11.6 Å². The molecule has 3 rings (SSSR count). The minimum atomic E-state index is -0.982. The number of hydrogen-bond acceptors (Lipinski definition) is 5. The molecule has 31 heavy (non-hydrogen) atoms. The highest BCUT2D eigenvalue weighted by Crippen LogP contribution is 2.22. The van der Waals surface area contributed by atoms with Gasteiger partial charge in [0.15, 0.2) is 0 Å². The zero-order chi connectivity index (χ0) is 22.2. The molecule has 0 unspecified atom stereocenters. The molecular weight excluding hydrogens is 392 g/mol. The molecule has 0 aliphatic carbocycles. The smallest absolute Gasteiger partial charge is 0.336 e. The van der Waals surface area contributed by atoms with Gasteiger partial charge < -0.3 is 5.11 Å². The van der Waals surface area contributed by atoms with Crippen LogP contribution in [0, 0.1) is 0 Å². The van der Waals surface area contributed by atoms with E-state index in [0.717, 1.165) is 43.5 Å². The van der Waals surface area contributed by atoms with Crippen molar-refractivity contribution in [3.05, 3.63) is 65.4 Å². The SMILES string of the molecule is CCCCC(=O)c1nc(CCCC)n(Cc2ccc(-c3ccccc3C(=O)O)nc2)n1. The summed E-state index contributed by atoms with van der Waals surface area (Å²) in [6, 6.07) is 10.5. The third-order valence-electron chi connectivity index (χ3n) is 5.10. The van der Waals surface area contributed by atoms with Crippen LogP contribution in [-0.2, 0) is 13.0 Å². The van der Waals surface area contributed by atoms with E-state index < -0.39 is 5.97 Å². The van der Waals surface area contributed by atoms with E-state index in [-0.39, 0.29) is 11.3 Å². The number of carboxylic acid groups (broad SMARTS) is 1. The Morgan fingerprint density at radius 2 is 1.81 bits per heavy atom. The number of carbonyl (C=O) groups is 2. The molecule has 0 aliphatic heterocycles. The highest BCUT2D eigenvalue weighted by Gasteiger charge is 2.17. The molecule has 0 amide bonds. The summed E-state index contributed by atoms with van der Waals surface area (Å²) in [6.45, 7) is 4.63. The average Bonchev–Trinajstić information content (AvgIpc) is 3.19. The monoisotopic (exact) mass is 420 g/mol. The lowest BCUT2D eigenvalue weighted by molar-refractivity contribution is 0.0697. The Morgan fingerprint density at radius 1 is 1.03 bits per heavy atom. The van der Waals surface area contributed by atoms with Gasteiger partial charge in [-0.1, -0.05) is 51.0 Å². The van der Waals surface area contributed by atoms with E-state index in [9.17, 15) is 14.7 Å². The predicted octanol–water partition coefficient (Wildman–Crippen LogP) is 4.80. The van der Waals surface area contributed by atoms with Gasteiger partial charge in [-0.3, -0.25) is 9.78 Å². The second-order valence-corrected chi connectivity index (χ2v) is 7.54. The number of hydrogen-bond donors (Lipinski definition) is 1. The summed E-state index contributed by atoms with van der Waals surface area (Å²) in [5, 5.41) is 13.9. The molecule has 0 saturated heterocycles. The van der Waals surface area contributed by atoms with Crippen LogP contribution in [-0.4, -0.2) is 36.6 Å². The number of aromatic carboxylic acids is 1. The number of aromatic nitrogens is 4. The van der Waals surface area contributed by atoms with Crippen molar-refractivity contribution in [1.82, 2.24) is 19.7 Å². The summed E-state index contributed by atoms with van der Waals surface area (Å²) in [4.78, 5) is 32.8. The highest BCUT2D eigenvalue weighted by molar-refractivity contribution is 5.95. The Balaban J connectivity index is 1.82. The first-order chi connectivity index (χ1) is 15.0. The van der Waals surface area contributed by atoms with E-state index in [1.807, 2.05) is 12.1 Å². The molecule has 0 saturated carbocycles. The van der Waals surface area contributed by atoms with Crippen LogP contribution < -0.4 is 0 Å². The van der Waals surface area contributed by atoms with Crippen LogP contribution >= 0.6 is 0 Å². The number of benzene rings is 1. The van der Waals surface area contributed by atoms with Crippen molar-refractivity contribution in [2.75, 3.05) is 0 Å².